The average molecular weight is 347 g/mol. The number of hydrogen-bond acceptors (Lipinski definition) is 3. The van der Waals surface area contributed by atoms with E-state index in [0.717, 1.165) is 43.9 Å². The number of benzene rings is 1. The zero-order chi connectivity index (χ0) is 16.1. The Hall–Kier alpha value is -2.03. The zero-order valence-electron chi connectivity index (χ0n) is 13.9. The molecule has 5 nitrogen and oxygen atoms in total. The molecule has 24 heavy (non-hydrogen) atoms. The molecule has 3 rings (SSSR count). The van der Waals surface area contributed by atoms with Crippen LogP contribution in [-0.2, 0) is 6.54 Å². The third-order valence-electron chi connectivity index (χ3n) is 4.11. The molecule has 1 saturated heterocycles. The van der Waals surface area contributed by atoms with Crippen LogP contribution in [0.25, 0.3) is 5.69 Å². The van der Waals surface area contributed by atoms with E-state index in [-0.39, 0.29) is 18.1 Å². The molecule has 0 aliphatic carbocycles. The quantitative estimate of drug-likeness (QED) is 0.868. The summed E-state index contributed by atoms with van der Waals surface area (Å²) in [5, 5.41) is 7.98. The van der Waals surface area contributed by atoms with E-state index in [2.05, 4.69) is 22.3 Å². The first kappa shape index (κ1) is 18.3. The third-order valence-corrected chi connectivity index (χ3v) is 4.11. The monoisotopic (exact) mass is 346 g/mol. The molecule has 1 aromatic heterocycles. The van der Waals surface area contributed by atoms with Crippen LogP contribution >= 0.6 is 12.4 Å². The fourth-order valence-corrected chi connectivity index (χ4v) is 2.95. The van der Waals surface area contributed by atoms with Crippen molar-refractivity contribution in [1.29, 1.82) is 0 Å². The maximum atomic E-state index is 12.8. The van der Waals surface area contributed by atoms with Gasteiger partial charge in [-0.05, 0) is 38.1 Å². The van der Waals surface area contributed by atoms with Gasteiger partial charge in [-0.3, -0.25) is 0 Å². The molecule has 0 saturated carbocycles. The normalized spacial score (nSPS) is 14.5. The summed E-state index contributed by atoms with van der Waals surface area (Å²) in [6, 6.07) is 9.76. The summed E-state index contributed by atoms with van der Waals surface area (Å²) in [7, 11) is 0. The topological polar surface area (TPSA) is 51.9 Å². The van der Waals surface area contributed by atoms with E-state index in [0.29, 0.717) is 12.5 Å². The van der Waals surface area contributed by atoms with Crippen LogP contribution in [0.4, 0.5) is 0 Å². The highest BCUT2D eigenvalue weighted by Crippen LogP contribution is 2.24. The van der Waals surface area contributed by atoms with Gasteiger partial charge in [0, 0.05) is 12.3 Å². The van der Waals surface area contributed by atoms with Crippen molar-refractivity contribution < 1.29 is 0 Å². The van der Waals surface area contributed by atoms with Crippen LogP contribution in [0.3, 0.4) is 0 Å². The Labute approximate surface area is 148 Å². The molecule has 6 heteroatoms. The number of aromatic nitrogens is 3. The van der Waals surface area contributed by atoms with E-state index in [4.69, 9.17) is 0 Å². The lowest BCUT2D eigenvalue weighted by Gasteiger charge is -2.22. The molecule has 1 aliphatic heterocycles. The van der Waals surface area contributed by atoms with Crippen molar-refractivity contribution in [3.05, 3.63) is 46.6 Å². The van der Waals surface area contributed by atoms with Gasteiger partial charge in [-0.25, -0.2) is 14.0 Å². The van der Waals surface area contributed by atoms with E-state index in [1.54, 1.807) is 4.57 Å². The summed E-state index contributed by atoms with van der Waals surface area (Å²) in [5.74, 6) is 7.19. The van der Waals surface area contributed by atoms with Gasteiger partial charge in [-0.2, -0.15) is 5.10 Å². The van der Waals surface area contributed by atoms with E-state index in [1.807, 2.05) is 37.3 Å². The molecule has 2 heterocycles. The van der Waals surface area contributed by atoms with E-state index in [9.17, 15) is 4.79 Å². The molecule has 128 valence electrons. The standard InChI is InChI=1S/C18H22N4O.ClH/c1-2-3-7-14-21-18(23)22(16-8-5-4-6-9-16)17(20-21)15-10-12-19-13-11-15;/h4-6,8-9,15,19H,2,10-14H2,1H3;1H. The highest BCUT2D eigenvalue weighted by molar-refractivity contribution is 5.85. The van der Waals surface area contributed by atoms with Crippen LogP contribution in [0.2, 0.25) is 0 Å². The summed E-state index contributed by atoms with van der Waals surface area (Å²) in [6.07, 6.45) is 2.79. The van der Waals surface area contributed by atoms with Gasteiger partial charge in [0.1, 0.15) is 12.4 Å². The number of piperidine rings is 1. The predicted octanol–water partition coefficient (Wildman–Crippen LogP) is 2.34. The second-order valence-electron chi connectivity index (χ2n) is 5.70. The summed E-state index contributed by atoms with van der Waals surface area (Å²) in [6.45, 7) is 4.29. The first-order chi connectivity index (χ1) is 11.3. The molecule has 0 amide bonds. The van der Waals surface area contributed by atoms with Crippen LogP contribution in [0, 0.1) is 11.8 Å². The number of hydrogen-bond donors (Lipinski definition) is 1. The summed E-state index contributed by atoms with van der Waals surface area (Å²) >= 11 is 0. The van der Waals surface area contributed by atoms with Gasteiger partial charge >= 0.3 is 5.69 Å². The molecule has 0 spiro atoms. The van der Waals surface area contributed by atoms with E-state index < -0.39 is 0 Å². The molecule has 2 aromatic rings. The Balaban J connectivity index is 0.00000208. The van der Waals surface area contributed by atoms with Crippen molar-refractivity contribution in [2.45, 2.75) is 38.6 Å². The minimum absolute atomic E-state index is 0. The van der Waals surface area contributed by atoms with Gasteiger partial charge in [0.05, 0.1) is 5.69 Å². The van der Waals surface area contributed by atoms with Gasteiger partial charge in [0.15, 0.2) is 0 Å². The Morgan fingerprint density at radius 3 is 2.58 bits per heavy atom. The number of nitrogens with zero attached hydrogens (tertiary/aromatic N) is 3. The number of para-hydroxylation sites is 1. The number of halogens is 1. The summed E-state index contributed by atoms with van der Waals surface area (Å²) in [4.78, 5) is 12.8. The van der Waals surface area contributed by atoms with Crippen LogP contribution in [0.5, 0.6) is 0 Å². The Morgan fingerprint density at radius 2 is 1.92 bits per heavy atom. The molecule has 1 N–H and O–H groups in total. The fourth-order valence-electron chi connectivity index (χ4n) is 2.95. The van der Waals surface area contributed by atoms with Crippen LogP contribution in [-0.4, -0.2) is 27.4 Å². The Bertz CT molecular complexity index is 764. The van der Waals surface area contributed by atoms with Crippen molar-refractivity contribution in [2.75, 3.05) is 13.1 Å². The number of nitrogens with one attached hydrogen (secondary N) is 1. The lowest BCUT2D eigenvalue weighted by molar-refractivity contribution is 0.438. The molecule has 1 fully saturated rings. The van der Waals surface area contributed by atoms with Crippen molar-refractivity contribution >= 4 is 12.4 Å². The summed E-state index contributed by atoms with van der Waals surface area (Å²) in [5.41, 5.74) is 0.774. The predicted molar refractivity (Wildman–Crippen MR) is 98.0 cm³/mol. The maximum absolute atomic E-state index is 12.8. The van der Waals surface area contributed by atoms with Crippen molar-refractivity contribution in [3.8, 4) is 17.5 Å². The minimum Gasteiger partial charge on any atom is -0.317 e. The molecular weight excluding hydrogens is 324 g/mol. The molecule has 0 bridgehead atoms. The zero-order valence-corrected chi connectivity index (χ0v) is 14.7. The van der Waals surface area contributed by atoms with Crippen LogP contribution in [0.15, 0.2) is 35.1 Å². The molecule has 1 aromatic carbocycles. The first-order valence-corrected chi connectivity index (χ1v) is 8.23. The van der Waals surface area contributed by atoms with Gasteiger partial charge in [0.25, 0.3) is 0 Å². The SMILES string of the molecule is CCC#CCn1nc(C2CCNCC2)n(-c2ccccc2)c1=O.Cl. The lowest BCUT2D eigenvalue weighted by Crippen LogP contribution is -2.29. The molecule has 0 unspecified atom stereocenters. The van der Waals surface area contributed by atoms with E-state index in [1.165, 1.54) is 4.68 Å². The number of rotatable bonds is 3. The van der Waals surface area contributed by atoms with E-state index >= 15 is 0 Å². The Kier molecular flexibility index (Phi) is 6.65. The van der Waals surface area contributed by atoms with Gasteiger partial charge in [-0.1, -0.05) is 31.0 Å². The van der Waals surface area contributed by atoms with Gasteiger partial charge < -0.3 is 5.32 Å². The lowest BCUT2D eigenvalue weighted by atomic mass is 9.97. The molecule has 0 atom stereocenters. The minimum atomic E-state index is -0.102. The Morgan fingerprint density at radius 1 is 1.21 bits per heavy atom. The maximum Gasteiger partial charge on any atom is 0.351 e. The largest absolute Gasteiger partial charge is 0.351 e. The van der Waals surface area contributed by atoms with Gasteiger partial charge in [-0.15, -0.1) is 18.3 Å². The highest BCUT2D eigenvalue weighted by atomic mass is 35.5. The second kappa shape index (κ2) is 8.72. The molecule has 0 radical (unpaired) electrons. The smallest absolute Gasteiger partial charge is 0.317 e. The van der Waals surface area contributed by atoms with Crippen LogP contribution < -0.4 is 11.0 Å². The van der Waals surface area contributed by atoms with Crippen molar-refractivity contribution in [2.24, 2.45) is 0 Å². The van der Waals surface area contributed by atoms with Crippen LogP contribution in [0.1, 0.15) is 37.9 Å². The van der Waals surface area contributed by atoms with Gasteiger partial charge in [0.2, 0.25) is 0 Å². The van der Waals surface area contributed by atoms with Crippen molar-refractivity contribution in [1.82, 2.24) is 19.7 Å². The molecular formula is C18H23ClN4O. The fraction of sp³-hybridized carbons (Fsp3) is 0.444. The highest BCUT2D eigenvalue weighted by Gasteiger charge is 2.24. The molecule has 1 aliphatic rings. The summed E-state index contributed by atoms with van der Waals surface area (Å²) < 4.78 is 3.25. The first-order valence-electron chi connectivity index (χ1n) is 8.23. The second-order valence-corrected chi connectivity index (χ2v) is 5.70. The van der Waals surface area contributed by atoms with Crippen molar-refractivity contribution in [3.63, 3.8) is 0 Å². The third kappa shape index (κ3) is 3.89. The average Bonchev–Trinajstić information content (AvgIpc) is 2.93.